The zero-order valence-corrected chi connectivity index (χ0v) is 16.9. The third-order valence-corrected chi connectivity index (χ3v) is 6.70. The van der Waals surface area contributed by atoms with Gasteiger partial charge in [-0.2, -0.15) is 0 Å². The summed E-state index contributed by atoms with van der Waals surface area (Å²) in [5.41, 5.74) is 7.93. The molecule has 0 bridgehead atoms. The number of sulfonamides is 1. The van der Waals surface area contributed by atoms with E-state index in [1.165, 1.54) is 4.31 Å². The molecule has 0 saturated carbocycles. The lowest BCUT2D eigenvalue weighted by atomic mass is 9.80. The number of hydrogen-bond acceptors (Lipinski definition) is 5. The zero-order chi connectivity index (χ0) is 18.8. The number of rotatable bonds is 6. The van der Waals surface area contributed by atoms with E-state index in [9.17, 15) is 8.42 Å². The average molecular weight is 369 g/mol. The lowest BCUT2D eigenvalue weighted by Crippen LogP contribution is -2.44. The van der Waals surface area contributed by atoms with Gasteiger partial charge in [0.15, 0.2) is 0 Å². The summed E-state index contributed by atoms with van der Waals surface area (Å²) < 4.78 is 25.5. The van der Waals surface area contributed by atoms with Crippen LogP contribution in [0.25, 0.3) is 0 Å². The molecule has 2 rings (SSSR count). The first-order valence-electron chi connectivity index (χ1n) is 8.77. The predicted octanol–water partition coefficient (Wildman–Crippen LogP) is 1.73. The molecule has 3 N–H and O–H groups in total. The van der Waals surface area contributed by atoms with E-state index in [2.05, 4.69) is 43.9 Å². The van der Waals surface area contributed by atoms with E-state index in [-0.39, 0.29) is 11.5 Å². The molecule has 3 atom stereocenters. The van der Waals surface area contributed by atoms with Crippen LogP contribution in [0.15, 0.2) is 29.2 Å². The third kappa shape index (κ3) is 4.80. The van der Waals surface area contributed by atoms with Crippen LogP contribution in [0.2, 0.25) is 0 Å². The fourth-order valence-electron chi connectivity index (χ4n) is 3.23. The van der Waals surface area contributed by atoms with Crippen LogP contribution in [-0.4, -0.2) is 45.9 Å². The van der Waals surface area contributed by atoms with Crippen molar-refractivity contribution >= 4 is 10.0 Å². The van der Waals surface area contributed by atoms with Crippen LogP contribution in [-0.2, 0) is 10.0 Å². The van der Waals surface area contributed by atoms with Gasteiger partial charge in [0.2, 0.25) is 10.0 Å². The fourth-order valence-corrected chi connectivity index (χ4v) is 4.14. The van der Waals surface area contributed by atoms with E-state index < -0.39 is 10.0 Å². The Balaban J connectivity index is 1.99. The Bertz CT molecular complexity index is 665. The Kier molecular flexibility index (Phi) is 6.27. The minimum Gasteiger partial charge on any atom is -0.310 e. The van der Waals surface area contributed by atoms with Gasteiger partial charge in [-0.3, -0.25) is 10.9 Å². The molecule has 1 aliphatic heterocycles. The van der Waals surface area contributed by atoms with Crippen molar-refractivity contribution in [3.05, 3.63) is 29.8 Å². The van der Waals surface area contributed by atoms with E-state index in [1.54, 1.807) is 26.2 Å². The summed E-state index contributed by atoms with van der Waals surface area (Å²) in [6, 6.07) is 7.72. The van der Waals surface area contributed by atoms with Gasteiger partial charge >= 0.3 is 0 Å². The number of nitrogens with zero attached hydrogens (tertiary/aromatic N) is 1. The number of hydrazine groups is 1. The van der Waals surface area contributed by atoms with E-state index >= 15 is 0 Å². The summed E-state index contributed by atoms with van der Waals surface area (Å²) in [5, 5.41) is 3.58. The highest BCUT2D eigenvalue weighted by Crippen LogP contribution is 2.27. The molecule has 1 saturated heterocycles. The van der Waals surface area contributed by atoms with Crippen molar-refractivity contribution in [3.63, 3.8) is 0 Å². The normalized spacial score (nSPS) is 23.2. The molecule has 0 amide bonds. The van der Waals surface area contributed by atoms with Crippen LogP contribution in [0.4, 0.5) is 0 Å². The van der Waals surface area contributed by atoms with Gasteiger partial charge in [0.05, 0.1) is 4.90 Å². The lowest BCUT2D eigenvalue weighted by Gasteiger charge is -2.32. The maximum Gasteiger partial charge on any atom is 0.242 e. The number of nitrogens with one attached hydrogen (secondary N) is 3. The van der Waals surface area contributed by atoms with E-state index in [4.69, 9.17) is 0 Å². The molecular formula is C18H32N4O2S. The summed E-state index contributed by atoms with van der Waals surface area (Å²) in [7, 11) is -0.283. The molecule has 1 aliphatic rings. The second-order valence-electron chi connectivity index (χ2n) is 8.12. The van der Waals surface area contributed by atoms with Gasteiger partial charge in [-0.15, -0.1) is 0 Å². The molecule has 1 aromatic carbocycles. The van der Waals surface area contributed by atoms with Crippen molar-refractivity contribution < 1.29 is 8.42 Å². The average Bonchev–Trinajstić information content (AvgIpc) is 3.01. The third-order valence-electron chi connectivity index (χ3n) is 4.87. The van der Waals surface area contributed by atoms with E-state index in [0.29, 0.717) is 16.9 Å². The van der Waals surface area contributed by atoms with Gasteiger partial charge in [-0.05, 0) is 30.0 Å². The predicted molar refractivity (Wildman–Crippen MR) is 102 cm³/mol. The van der Waals surface area contributed by atoms with Gasteiger partial charge in [-0.1, -0.05) is 32.9 Å². The molecule has 6 nitrogen and oxygen atoms in total. The number of hydrogen-bond donors (Lipinski definition) is 3. The summed E-state index contributed by atoms with van der Waals surface area (Å²) in [4.78, 5) is 0.324. The first-order chi connectivity index (χ1) is 11.5. The zero-order valence-electron chi connectivity index (χ0n) is 16.1. The standard InChI is InChI=1S/C18H32N4O2S/c1-13(19-11-15-12-20-21-17(15)18(2,3)4)14-7-9-16(10-8-14)25(23,24)22(5)6/h7-10,13,15,17,19-21H,11-12H2,1-6H3. The topological polar surface area (TPSA) is 73.5 Å². The quantitative estimate of drug-likeness (QED) is 0.713. The molecule has 142 valence electrons. The smallest absolute Gasteiger partial charge is 0.242 e. The summed E-state index contributed by atoms with van der Waals surface area (Å²) in [6.45, 7) is 10.7. The Morgan fingerprint density at radius 2 is 1.84 bits per heavy atom. The van der Waals surface area contributed by atoms with Gasteiger partial charge in [0.25, 0.3) is 0 Å². The molecule has 1 aromatic rings. The fraction of sp³-hybridized carbons (Fsp3) is 0.667. The van der Waals surface area contributed by atoms with Crippen molar-refractivity contribution in [1.29, 1.82) is 0 Å². The minimum atomic E-state index is -3.37. The van der Waals surface area contributed by atoms with Gasteiger partial charge in [0.1, 0.15) is 0 Å². The Morgan fingerprint density at radius 1 is 1.24 bits per heavy atom. The monoisotopic (exact) mass is 368 g/mol. The summed E-state index contributed by atoms with van der Waals surface area (Å²) >= 11 is 0. The highest BCUT2D eigenvalue weighted by molar-refractivity contribution is 7.89. The van der Waals surface area contributed by atoms with Crippen LogP contribution >= 0.6 is 0 Å². The maximum absolute atomic E-state index is 12.1. The van der Waals surface area contributed by atoms with Crippen molar-refractivity contribution in [2.75, 3.05) is 27.2 Å². The molecule has 25 heavy (non-hydrogen) atoms. The van der Waals surface area contributed by atoms with Crippen molar-refractivity contribution in [3.8, 4) is 0 Å². The first kappa shape index (κ1) is 20.3. The van der Waals surface area contributed by atoms with Crippen molar-refractivity contribution in [2.45, 2.75) is 44.7 Å². The maximum atomic E-state index is 12.1. The van der Waals surface area contributed by atoms with Crippen LogP contribution < -0.4 is 16.2 Å². The van der Waals surface area contributed by atoms with Gasteiger partial charge in [0, 0.05) is 45.2 Å². The highest BCUT2D eigenvalue weighted by atomic mass is 32.2. The van der Waals surface area contributed by atoms with Crippen molar-refractivity contribution in [1.82, 2.24) is 20.5 Å². The molecule has 1 fully saturated rings. The number of benzene rings is 1. The van der Waals surface area contributed by atoms with E-state index in [0.717, 1.165) is 18.7 Å². The summed E-state index contributed by atoms with van der Waals surface area (Å²) in [6.07, 6.45) is 0. The van der Waals surface area contributed by atoms with Gasteiger partial charge < -0.3 is 5.32 Å². The van der Waals surface area contributed by atoms with Crippen LogP contribution in [0.1, 0.15) is 39.3 Å². The summed E-state index contributed by atoms with van der Waals surface area (Å²) in [5.74, 6) is 0.510. The van der Waals surface area contributed by atoms with Crippen LogP contribution in [0, 0.1) is 11.3 Å². The molecule has 7 heteroatoms. The Labute approximate surface area is 152 Å². The second-order valence-corrected chi connectivity index (χ2v) is 10.3. The Hall–Kier alpha value is -0.990. The SMILES string of the molecule is CC(NCC1CNNC1C(C)(C)C)c1ccc(S(=O)(=O)N(C)C)cc1. The molecular weight excluding hydrogens is 336 g/mol. The highest BCUT2D eigenvalue weighted by Gasteiger charge is 2.35. The second kappa shape index (κ2) is 7.72. The molecule has 0 aliphatic carbocycles. The molecule has 1 heterocycles. The molecule has 0 spiro atoms. The lowest BCUT2D eigenvalue weighted by molar-refractivity contribution is 0.232. The van der Waals surface area contributed by atoms with Crippen LogP contribution in [0.5, 0.6) is 0 Å². The van der Waals surface area contributed by atoms with E-state index in [1.807, 2.05) is 12.1 Å². The minimum absolute atomic E-state index is 0.164. The van der Waals surface area contributed by atoms with Crippen LogP contribution in [0.3, 0.4) is 0 Å². The van der Waals surface area contributed by atoms with Crippen molar-refractivity contribution in [2.24, 2.45) is 11.3 Å². The molecule has 0 aromatic heterocycles. The molecule has 0 radical (unpaired) electrons. The Morgan fingerprint density at radius 3 is 2.36 bits per heavy atom. The molecule has 3 unspecified atom stereocenters. The first-order valence-corrected chi connectivity index (χ1v) is 10.2. The largest absolute Gasteiger partial charge is 0.310 e. The van der Waals surface area contributed by atoms with Gasteiger partial charge in [-0.25, -0.2) is 12.7 Å².